The average Bonchev–Trinajstić information content (AvgIpc) is 2.39. The van der Waals surface area contributed by atoms with Crippen LogP contribution in [0.25, 0.3) is 0 Å². The van der Waals surface area contributed by atoms with Crippen molar-refractivity contribution in [2.45, 2.75) is 19.0 Å². The van der Waals surface area contributed by atoms with E-state index in [9.17, 15) is 4.79 Å². The highest BCUT2D eigenvalue weighted by Crippen LogP contribution is 2.20. The first-order chi connectivity index (χ1) is 8.20. The standard InChI is InChI=1S/C13H18N2OS/c1-10-9-17-8-7-15(10)13(16)12(14)11-5-3-2-4-6-11/h2-6,10,12H,7-9,14H2,1H3. The van der Waals surface area contributed by atoms with Crippen LogP contribution in [0.2, 0.25) is 0 Å². The Labute approximate surface area is 106 Å². The van der Waals surface area contributed by atoms with Gasteiger partial charge in [-0.25, -0.2) is 0 Å². The Morgan fingerprint density at radius 1 is 1.47 bits per heavy atom. The van der Waals surface area contributed by atoms with E-state index in [1.54, 1.807) is 0 Å². The van der Waals surface area contributed by atoms with Crippen LogP contribution in [-0.2, 0) is 4.79 Å². The van der Waals surface area contributed by atoms with Crippen molar-refractivity contribution in [2.75, 3.05) is 18.1 Å². The molecule has 2 unspecified atom stereocenters. The molecule has 1 aliphatic rings. The third-order valence-electron chi connectivity index (χ3n) is 3.08. The van der Waals surface area contributed by atoms with E-state index in [0.29, 0.717) is 0 Å². The molecular weight excluding hydrogens is 232 g/mol. The summed E-state index contributed by atoms with van der Waals surface area (Å²) in [5.41, 5.74) is 6.93. The molecule has 0 aliphatic carbocycles. The first-order valence-electron chi connectivity index (χ1n) is 5.89. The van der Waals surface area contributed by atoms with Crippen molar-refractivity contribution >= 4 is 17.7 Å². The fraction of sp³-hybridized carbons (Fsp3) is 0.462. The van der Waals surface area contributed by atoms with Gasteiger partial charge in [-0.2, -0.15) is 11.8 Å². The van der Waals surface area contributed by atoms with Crippen molar-refractivity contribution in [3.63, 3.8) is 0 Å². The van der Waals surface area contributed by atoms with Gasteiger partial charge in [0.1, 0.15) is 6.04 Å². The molecule has 2 atom stereocenters. The Kier molecular flexibility index (Phi) is 4.07. The second-order valence-corrected chi connectivity index (χ2v) is 5.49. The molecule has 92 valence electrons. The number of hydrogen-bond acceptors (Lipinski definition) is 3. The van der Waals surface area contributed by atoms with Gasteiger partial charge in [-0.3, -0.25) is 4.79 Å². The van der Waals surface area contributed by atoms with E-state index >= 15 is 0 Å². The minimum atomic E-state index is -0.526. The molecule has 1 aliphatic heterocycles. The van der Waals surface area contributed by atoms with Crippen LogP contribution in [-0.4, -0.2) is 34.9 Å². The maximum absolute atomic E-state index is 12.3. The number of rotatable bonds is 2. The molecule has 2 N–H and O–H groups in total. The normalized spacial score (nSPS) is 22.2. The number of carbonyl (C=O) groups excluding carboxylic acids is 1. The molecule has 0 saturated carbocycles. The first kappa shape index (κ1) is 12.5. The maximum Gasteiger partial charge on any atom is 0.244 e. The van der Waals surface area contributed by atoms with Gasteiger partial charge in [0.25, 0.3) is 0 Å². The van der Waals surface area contributed by atoms with Gasteiger partial charge < -0.3 is 10.6 Å². The minimum Gasteiger partial charge on any atom is -0.337 e. The fourth-order valence-electron chi connectivity index (χ4n) is 2.04. The molecule has 4 heteroatoms. The van der Waals surface area contributed by atoms with Gasteiger partial charge in [-0.1, -0.05) is 30.3 Å². The second-order valence-electron chi connectivity index (χ2n) is 4.34. The van der Waals surface area contributed by atoms with Gasteiger partial charge in [0.05, 0.1) is 0 Å². The predicted octanol–water partition coefficient (Wildman–Crippen LogP) is 1.65. The van der Waals surface area contributed by atoms with Gasteiger partial charge in [0, 0.05) is 24.1 Å². The smallest absolute Gasteiger partial charge is 0.244 e. The third-order valence-corrected chi connectivity index (χ3v) is 4.26. The lowest BCUT2D eigenvalue weighted by Crippen LogP contribution is -2.48. The van der Waals surface area contributed by atoms with Crippen LogP contribution in [0.5, 0.6) is 0 Å². The summed E-state index contributed by atoms with van der Waals surface area (Å²) < 4.78 is 0. The molecule has 1 aromatic rings. The van der Waals surface area contributed by atoms with Crippen LogP contribution >= 0.6 is 11.8 Å². The molecule has 17 heavy (non-hydrogen) atoms. The number of nitrogens with zero attached hydrogens (tertiary/aromatic N) is 1. The zero-order chi connectivity index (χ0) is 12.3. The lowest BCUT2D eigenvalue weighted by molar-refractivity contribution is -0.134. The molecule has 0 radical (unpaired) electrons. The Bertz CT molecular complexity index is 382. The van der Waals surface area contributed by atoms with E-state index in [4.69, 9.17) is 5.73 Å². The van der Waals surface area contributed by atoms with Crippen molar-refractivity contribution < 1.29 is 4.79 Å². The van der Waals surface area contributed by atoms with E-state index < -0.39 is 6.04 Å². The largest absolute Gasteiger partial charge is 0.337 e. The van der Waals surface area contributed by atoms with Gasteiger partial charge >= 0.3 is 0 Å². The Morgan fingerprint density at radius 2 is 2.18 bits per heavy atom. The molecule has 0 aromatic heterocycles. The second kappa shape index (κ2) is 5.56. The molecule has 0 spiro atoms. The first-order valence-corrected chi connectivity index (χ1v) is 7.04. The van der Waals surface area contributed by atoms with Crippen molar-refractivity contribution in [2.24, 2.45) is 5.73 Å². The highest BCUT2D eigenvalue weighted by atomic mass is 32.2. The van der Waals surface area contributed by atoms with Crippen molar-refractivity contribution in [3.8, 4) is 0 Å². The summed E-state index contributed by atoms with van der Waals surface area (Å²) in [7, 11) is 0. The van der Waals surface area contributed by atoms with Gasteiger partial charge in [0.15, 0.2) is 0 Å². The molecule has 1 fully saturated rings. The van der Waals surface area contributed by atoms with Crippen molar-refractivity contribution in [3.05, 3.63) is 35.9 Å². The third kappa shape index (κ3) is 2.82. The predicted molar refractivity (Wildman–Crippen MR) is 71.9 cm³/mol. The fourth-order valence-corrected chi connectivity index (χ4v) is 3.05. The molecule has 1 saturated heterocycles. The summed E-state index contributed by atoms with van der Waals surface area (Å²) in [5.74, 6) is 2.06. The summed E-state index contributed by atoms with van der Waals surface area (Å²) in [5, 5.41) is 0. The monoisotopic (exact) mass is 250 g/mol. The number of carbonyl (C=O) groups is 1. The van der Waals surface area contributed by atoms with Crippen LogP contribution in [0.15, 0.2) is 30.3 Å². The summed E-state index contributed by atoms with van der Waals surface area (Å²) in [4.78, 5) is 14.2. The molecular formula is C13H18N2OS. The molecule has 1 amide bonds. The number of hydrogen-bond donors (Lipinski definition) is 1. The van der Waals surface area contributed by atoms with Crippen LogP contribution in [0.3, 0.4) is 0 Å². The van der Waals surface area contributed by atoms with Crippen molar-refractivity contribution in [1.82, 2.24) is 4.90 Å². The zero-order valence-corrected chi connectivity index (χ0v) is 10.8. The SMILES string of the molecule is CC1CSCCN1C(=O)C(N)c1ccccc1. The Morgan fingerprint density at radius 3 is 2.82 bits per heavy atom. The maximum atomic E-state index is 12.3. The number of nitrogens with two attached hydrogens (primary N) is 1. The number of amides is 1. The highest BCUT2D eigenvalue weighted by molar-refractivity contribution is 7.99. The molecule has 0 bridgehead atoms. The van der Waals surface area contributed by atoms with Crippen LogP contribution in [0, 0.1) is 0 Å². The molecule has 1 aromatic carbocycles. The average molecular weight is 250 g/mol. The summed E-state index contributed by atoms with van der Waals surface area (Å²) in [6, 6.07) is 9.34. The quantitative estimate of drug-likeness (QED) is 0.868. The summed E-state index contributed by atoms with van der Waals surface area (Å²) >= 11 is 1.90. The number of thioether (sulfide) groups is 1. The van der Waals surface area contributed by atoms with Crippen molar-refractivity contribution in [1.29, 1.82) is 0 Å². The van der Waals surface area contributed by atoms with Crippen LogP contribution in [0.4, 0.5) is 0 Å². The van der Waals surface area contributed by atoms with Crippen LogP contribution < -0.4 is 5.73 Å². The van der Waals surface area contributed by atoms with E-state index in [2.05, 4.69) is 6.92 Å². The van der Waals surface area contributed by atoms with E-state index in [-0.39, 0.29) is 11.9 Å². The van der Waals surface area contributed by atoms with E-state index in [0.717, 1.165) is 23.6 Å². The molecule has 3 nitrogen and oxygen atoms in total. The van der Waals surface area contributed by atoms with Gasteiger partial charge in [0.2, 0.25) is 5.91 Å². The molecule has 2 rings (SSSR count). The van der Waals surface area contributed by atoms with E-state index in [1.807, 2.05) is 47.0 Å². The van der Waals surface area contributed by atoms with Gasteiger partial charge in [-0.15, -0.1) is 0 Å². The van der Waals surface area contributed by atoms with Gasteiger partial charge in [-0.05, 0) is 12.5 Å². The Hall–Kier alpha value is -1.00. The van der Waals surface area contributed by atoms with E-state index in [1.165, 1.54) is 0 Å². The minimum absolute atomic E-state index is 0.0454. The molecule has 1 heterocycles. The highest BCUT2D eigenvalue weighted by Gasteiger charge is 2.28. The summed E-state index contributed by atoms with van der Waals surface area (Å²) in [6.07, 6.45) is 0. The summed E-state index contributed by atoms with van der Waals surface area (Å²) in [6.45, 7) is 2.90. The lowest BCUT2D eigenvalue weighted by Gasteiger charge is -2.34. The van der Waals surface area contributed by atoms with Crippen LogP contribution in [0.1, 0.15) is 18.5 Å². The topological polar surface area (TPSA) is 46.3 Å². The lowest BCUT2D eigenvalue weighted by atomic mass is 10.1. The number of benzene rings is 1. The zero-order valence-electron chi connectivity index (χ0n) is 10.0. The Balaban J connectivity index is 2.09.